The van der Waals surface area contributed by atoms with Crippen LogP contribution in [0.2, 0.25) is 0 Å². The lowest BCUT2D eigenvalue weighted by molar-refractivity contribution is -0.0602. The van der Waals surface area contributed by atoms with Crippen molar-refractivity contribution in [3.05, 3.63) is 36.5 Å². The van der Waals surface area contributed by atoms with Gasteiger partial charge in [0.15, 0.2) is 0 Å². The number of hydrogen-bond donors (Lipinski definition) is 0. The minimum Gasteiger partial charge on any atom is -0.383 e. The highest BCUT2D eigenvalue weighted by atomic mass is 16.5. The predicted molar refractivity (Wildman–Crippen MR) is 120 cm³/mol. The lowest BCUT2D eigenvalue weighted by Gasteiger charge is -2.57. The molecule has 1 unspecified atom stereocenters. The highest BCUT2D eigenvalue weighted by Gasteiger charge is 2.50. The maximum atomic E-state index is 5.26. The number of likely N-dealkylation sites (N-methyl/N-ethyl adjacent to an activating group) is 1. The van der Waals surface area contributed by atoms with Gasteiger partial charge in [-0.05, 0) is 131 Å². The highest BCUT2D eigenvalue weighted by Crippen LogP contribution is 2.61. The summed E-state index contributed by atoms with van der Waals surface area (Å²) < 4.78 is 5.26. The molecule has 161 valence electrons. The lowest BCUT2D eigenvalue weighted by Crippen LogP contribution is -2.46. The topological polar surface area (TPSA) is 25.4 Å². The van der Waals surface area contributed by atoms with Crippen molar-refractivity contribution in [3.8, 4) is 0 Å². The molecule has 0 amide bonds. The van der Waals surface area contributed by atoms with Crippen LogP contribution in [0.1, 0.15) is 69.8 Å². The number of nitrogens with zero attached hydrogens (tertiary/aromatic N) is 2. The molecule has 1 atom stereocenters. The SMILES string of the molecule is COCCN(C)CCC(C[CH]c1ccncc1)CCC12CC3CC(CC(C3)C1)C2. The lowest BCUT2D eigenvalue weighted by atomic mass is 9.48. The maximum Gasteiger partial charge on any atom is 0.0589 e. The Hall–Kier alpha value is -0.930. The number of pyridine rings is 1. The predicted octanol–water partition coefficient (Wildman–Crippen LogP) is 5.61. The molecule has 0 N–H and O–H groups in total. The van der Waals surface area contributed by atoms with E-state index in [0.717, 1.165) is 36.8 Å². The van der Waals surface area contributed by atoms with Crippen molar-refractivity contribution in [3.63, 3.8) is 0 Å². The molecule has 1 aromatic rings. The Morgan fingerprint density at radius 1 is 1.07 bits per heavy atom. The third kappa shape index (κ3) is 5.82. The molecule has 3 nitrogen and oxygen atoms in total. The van der Waals surface area contributed by atoms with Crippen LogP contribution in [0, 0.1) is 35.5 Å². The van der Waals surface area contributed by atoms with Crippen molar-refractivity contribution in [1.82, 2.24) is 9.88 Å². The molecular weight excluding hydrogens is 356 g/mol. The van der Waals surface area contributed by atoms with E-state index in [2.05, 4.69) is 35.5 Å². The summed E-state index contributed by atoms with van der Waals surface area (Å²) in [6, 6.07) is 4.28. The van der Waals surface area contributed by atoms with Crippen LogP contribution in [-0.2, 0) is 4.74 Å². The van der Waals surface area contributed by atoms with Gasteiger partial charge in [0.25, 0.3) is 0 Å². The van der Waals surface area contributed by atoms with Gasteiger partial charge in [0.2, 0.25) is 0 Å². The van der Waals surface area contributed by atoms with Crippen LogP contribution in [0.3, 0.4) is 0 Å². The number of hydrogen-bond acceptors (Lipinski definition) is 3. The molecule has 0 spiro atoms. The van der Waals surface area contributed by atoms with Crippen LogP contribution in [0.15, 0.2) is 24.5 Å². The number of ether oxygens (including phenoxy) is 1. The van der Waals surface area contributed by atoms with Gasteiger partial charge in [-0.3, -0.25) is 4.98 Å². The van der Waals surface area contributed by atoms with Crippen LogP contribution in [0.5, 0.6) is 0 Å². The average Bonchev–Trinajstić information content (AvgIpc) is 2.71. The molecule has 4 aliphatic rings. The molecule has 1 heterocycles. The molecule has 1 radical (unpaired) electrons. The van der Waals surface area contributed by atoms with E-state index in [1.807, 2.05) is 12.4 Å². The summed E-state index contributed by atoms with van der Waals surface area (Å²) in [6.07, 6.45) is 21.0. The van der Waals surface area contributed by atoms with Crippen LogP contribution < -0.4 is 0 Å². The minimum absolute atomic E-state index is 0.714. The Balaban J connectivity index is 1.31. The Morgan fingerprint density at radius 3 is 2.34 bits per heavy atom. The van der Waals surface area contributed by atoms with Crippen molar-refractivity contribution in [2.45, 2.75) is 64.2 Å². The molecule has 29 heavy (non-hydrogen) atoms. The summed E-state index contributed by atoms with van der Waals surface area (Å²) in [4.78, 5) is 6.60. The Kier molecular flexibility index (Phi) is 7.29. The van der Waals surface area contributed by atoms with Gasteiger partial charge in [-0.2, -0.15) is 0 Å². The molecule has 4 fully saturated rings. The van der Waals surface area contributed by atoms with Crippen LogP contribution in [0.25, 0.3) is 0 Å². The standard InChI is InChI=1S/C26H41N2O/c1-28(13-14-29-2)12-8-21(3-4-22-6-10-27-11-7-22)5-9-26-18-23-15-24(19-26)17-25(16-23)20-26/h4,6-7,10-11,21,23-25H,3,5,8-9,12-20H2,1-2H3. The van der Waals surface area contributed by atoms with E-state index in [9.17, 15) is 0 Å². The molecule has 5 rings (SSSR count). The Morgan fingerprint density at radius 2 is 1.72 bits per heavy atom. The van der Waals surface area contributed by atoms with Crippen molar-refractivity contribution >= 4 is 0 Å². The number of aromatic nitrogens is 1. The molecule has 0 aliphatic heterocycles. The summed E-state index contributed by atoms with van der Waals surface area (Å²) in [5.74, 6) is 4.01. The average molecular weight is 398 g/mol. The first-order valence-corrected chi connectivity index (χ1v) is 12.0. The second-order valence-electron chi connectivity index (χ2n) is 10.6. The Bertz CT molecular complexity index is 581. The summed E-state index contributed by atoms with van der Waals surface area (Å²) in [5.41, 5.74) is 2.04. The fraction of sp³-hybridized carbons (Fsp3) is 0.769. The summed E-state index contributed by atoms with van der Waals surface area (Å²) in [7, 11) is 4.04. The van der Waals surface area contributed by atoms with Gasteiger partial charge >= 0.3 is 0 Å². The van der Waals surface area contributed by atoms with E-state index < -0.39 is 0 Å². The third-order valence-electron chi connectivity index (χ3n) is 8.24. The molecule has 4 aliphatic carbocycles. The molecule has 0 saturated heterocycles. The van der Waals surface area contributed by atoms with Gasteiger partial charge in [0.05, 0.1) is 6.61 Å². The van der Waals surface area contributed by atoms with Crippen molar-refractivity contribution in [2.24, 2.45) is 29.1 Å². The summed E-state index contributed by atoms with van der Waals surface area (Å²) in [5, 5.41) is 0. The van der Waals surface area contributed by atoms with Crippen LogP contribution in [-0.4, -0.2) is 43.7 Å². The van der Waals surface area contributed by atoms with E-state index in [0.29, 0.717) is 5.41 Å². The molecule has 4 saturated carbocycles. The summed E-state index contributed by atoms with van der Waals surface area (Å²) >= 11 is 0. The van der Waals surface area contributed by atoms with Gasteiger partial charge in [0.1, 0.15) is 0 Å². The molecule has 1 aromatic heterocycles. The zero-order valence-corrected chi connectivity index (χ0v) is 18.7. The van der Waals surface area contributed by atoms with Gasteiger partial charge < -0.3 is 9.64 Å². The minimum atomic E-state index is 0.714. The molecule has 4 bridgehead atoms. The largest absolute Gasteiger partial charge is 0.383 e. The fourth-order valence-corrected chi connectivity index (χ4v) is 7.05. The maximum absolute atomic E-state index is 5.26. The second kappa shape index (κ2) is 9.92. The zero-order valence-electron chi connectivity index (χ0n) is 18.7. The van der Waals surface area contributed by atoms with Gasteiger partial charge in [-0.15, -0.1) is 0 Å². The normalized spacial score (nSPS) is 31.5. The van der Waals surface area contributed by atoms with Crippen molar-refractivity contribution in [1.29, 1.82) is 0 Å². The van der Waals surface area contributed by atoms with E-state index in [4.69, 9.17) is 4.74 Å². The van der Waals surface area contributed by atoms with Crippen LogP contribution in [0.4, 0.5) is 0 Å². The van der Waals surface area contributed by atoms with E-state index in [-0.39, 0.29) is 0 Å². The molecule has 0 aromatic carbocycles. The van der Waals surface area contributed by atoms with E-state index >= 15 is 0 Å². The highest BCUT2D eigenvalue weighted by molar-refractivity contribution is 5.19. The van der Waals surface area contributed by atoms with E-state index in [1.165, 1.54) is 37.8 Å². The quantitative estimate of drug-likeness (QED) is 0.459. The fourth-order valence-electron chi connectivity index (χ4n) is 7.05. The third-order valence-corrected chi connectivity index (χ3v) is 8.24. The Labute approximate surface area is 178 Å². The summed E-state index contributed by atoms with van der Waals surface area (Å²) in [6.45, 7) is 3.04. The monoisotopic (exact) mass is 397 g/mol. The van der Waals surface area contributed by atoms with E-state index in [1.54, 1.807) is 45.6 Å². The zero-order chi connectivity index (χ0) is 20.1. The smallest absolute Gasteiger partial charge is 0.0589 e. The van der Waals surface area contributed by atoms with Crippen LogP contribution >= 0.6 is 0 Å². The first kappa shape index (κ1) is 21.3. The van der Waals surface area contributed by atoms with Gasteiger partial charge in [-0.1, -0.05) is 0 Å². The molecular formula is C26H41N2O. The first-order chi connectivity index (χ1) is 14.1. The van der Waals surface area contributed by atoms with Crippen molar-refractivity contribution in [2.75, 3.05) is 33.9 Å². The number of rotatable bonds is 12. The molecule has 3 heteroatoms. The van der Waals surface area contributed by atoms with Gasteiger partial charge in [0, 0.05) is 26.0 Å². The van der Waals surface area contributed by atoms with Crippen molar-refractivity contribution < 1.29 is 4.74 Å². The second-order valence-corrected chi connectivity index (χ2v) is 10.6. The number of methoxy groups -OCH3 is 1. The first-order valence-electron chi connectivity index (χ1n) is 12.0. The van der Waals surface area contributed by atoms with Gasteiger partial charge in [-0.25, -0.2) is 0 Å².